The van der Waals surface area contributed by atoms with Gasteiger partial charge in [0.1, 0.15) is 5.84 Å². The van der Waals surface area contributed by atoms with Crippen molar-refractivity contribution in [1.29, 1.82) is 0 Å². The fourth-order valence-electron chi connectivity index (χ4n) is 4.96. The summed E-state index contributed by atoms with van der Waals surface area (Å²) in [4.78, 5) is 9.25. The molecule has 2 aromatic rings. The Morgan fingerprint density at radius 2 is 1.62 bits per heavy atom. The van der Waals surface area contributed by atoms with Gasteiger partial charge in [-0.2, -0.15) is 0 Å². The molecule has 47 heavy (non-hydrogen) atoms. The average molecular weight is 631 g/mol. The minimum atomic E-state index is 0.628. The molecule has 0 unspecified atom stereocenters. The van der Waals surface area contributed by atoms with Crippen LogP contribution >= 0.6 is 0 Å². The second-order valence-corrected chi connectivity index (χ2v) is 12.4. The summed E-state index contributed by atoms with van der Waals surface area (Å²) < 4.78 is 0. The van der Waals surface area contributed by atoms with Crippen molar-refractivity contribution >= 4 is 17.2 Å². The summed E-state index contributed by atoms with van der Waals surface area (Å²) in [5.74, 6) is 0.890. The fourth-order valence-corrected chi connectivity index (χ4v) is 4.96. The molecule has 0 radical (unpaired) electrons. The van der Waals surface area contributed by atoms with Crippen LogP contribution in [0.1, 0.15) is 82.2 Å². The minimum absolute atomic E-state index is 0.628. The van der Waals surface area contributed by atoms with Gasteiger partial charge in [-0.3, -0.25) is 9.98 Å². The molecule has 0 saturated carbocycles. The SMILES string of the molecule is C=C(C)N=C(/C=C(\C)C(=C)NCc1ccc2c(c1)NC(=C)CC2)C(=C)NCc1ccc(C2=NCC(=C)N2)cc1CCC.CC=C(C)C. The van der Waals surface area contributed by atoms with Gasteiger partial charge in [0.05, 0.1) is 18.0 Å². The van der Waals surface area contributed by atoms with Crippen LogP contribution in [-0.4, -0.2) is 18.1 Å². The lowest BCUT2D eigenvalue weighted by Gasteiger charge is -2.21. The number of hydrogen-bond acceptors (Lipinski definition) is 6. The van der Waals surface area contributed by atoms with Gasteiger partial charge in [-0.1, -0.05) is 82.2 Å². The molecule has 0 aromatic heterocycles. The summed E-state index contributed by atoms with van der Waals surface area (Å²) in [6.45, 7) is 34.9. The highest BCUT2D eigenvalue weighted by atomic mass is 15.1. The lowest BCUT2D eigenvalue weighted by molar-refractivity contribution is 0.814. The molecule has 4 rings (SSSR count). The van der Waals surface area contributed by atoms with Crippen LogP contribution in [0.5, 0.6) is 0 Å². The van der Waals surface area contributed by atoms with Gasteiger partial charge in [-0.15, -0.1) is 0 Å². The molecule has 2 aromatic carbocycles. The van der Waals surface area contributed by atoms with Gasteiger partial charge in [0.25, 0.3) is 0 Å². The first-order valence-electron chi connectivity index (χ1n) is 16.5. The highest BCUT2D eigenvalue weighted by Crippen LogP contribution is 2.27. The zero-order valence-corrected chi connectivity index (χ0v) is 29.5. The van der Waals surface area contributed by atoms with Crippen LogP contribution in [0.2, 0.25) is 0 Å². The quantitative estimate of drug-likeness (QED) is 0.101. The van der Waals surface area contributed by atoms with Crippen LogP contribution in [-0.2, 0) is 25.9 Å². The lowest BCUT2D eigenvalue weighted by Crippen LogP contribution is -2.21. The van der Waals surface area contributed by atoms with E-state index in [1.165, 1.54) is 27.8 Å². The van der Waals surface area contributed by atoms with Crippen LogP contribution in [0.25, 0.3) is 0 Å². The van der Waals surface area contributed by atoms with Gasteiger partial charge in [-0.25, -0.2) is 0 Å². The molecule has 248 valence electrons. The number of benzene rings is 2. The standard InChI is InChI=1S/C36H44N6.C5H10/c1-9-10-31-19-32(36-39-20-26(6)42-36)15-16-33(31)22-38-28(8)34(40-23(2)3)17-24(4)27(7)37-21-29-12-14-30-13-11-25(5)41-35(30)18-29;1-4-5(2)3/h12,14-19,37-38,41H,2,5-11,13,20-22H2,1,3-4H3,(H,39,42);4H,1-3H3/b24-17+,40-34?;. The third-order valence-corrected chi connectivity index (χ3v) is 7.93. The molecule has 0 fully saturated rings. The Balaban J connectivity index is 0.00000111. The zero-order valence-electron chi connectivity index (χ0n) is 29.5. The van der Waals surface area contributed by atoms with E-state index in [1.807, 2.05) is 26.8 Å². The predicted molar refractivity (Wildman–Crippen MR) is 205 cm³/mol. The molecular formula is C41H54N6. The molecule has 2 aliphatic rings. The Bertz CT molecular complexity index is 1640. The van der Waals surface area contributed by atoms with Gasteiger partial charge in [-0.05, 0) is 99.9 Å². The maximum atomic E-state index is 4.68. The fraction of sp³-hybridized carbons (Fsp3) is 0.317. The van der Waals surface area contributed by atoms with Crippen molar-refractivity contribution in [3.05, 3.63) is 149 Å². The van der Waals surface area contributed by atoms with E-state index in [1.54, 1.807) is 0 Å². The summed E-state index contributed by atoms with van der Waals surface area (Å²) in [5.41, 5.74) is 14.6. The monoisotopic (exact) mass is 630 g/mol. The highest BCUT2D eigenvalue weighted by Gasteiger charge is 2.14. The summed E-state index contributed by atoms with van der Waals surface area (Å²) in [6.07, 6.45) is 8.14. The Morgan fingerprint density at radius 1 is 0.894 bits per heavy atom. The van der Waals surface area contributed by atoms with E-state index in [9.17, 15) is 0 Å². The molecule has 2 heterocycles. The largest absolute Gasteiger partial charge is 0.381 e. The number of nitrogens with zero attached hydrogens (tertiary/aromatic N) is 2. The third kappa shape index (κ3) is 11.5. The van der Waals surface area contributed by atoms with Gasteiger partial charge in [0, 0.05) is 47.1 Å². The summed E-state index contributed by atoms with van der Waals surface area (Å²) in [5, 5.41) is 13.7. The summed E-state index contributed by atoms with van der Waals surface area (Å²) in [6, 6.07) is 13.1. The first kappa shape index (κ1) is 36.6. The van der Waals surface area contributed by atoms with Crippen LogP contribution in [0.4, 0.5) is 5.69 Å². The molecule has 6 heteroatoms. The van der Waals surface area contributed by atoms with E-state index >= 15 is 0 Å². The lowest BCUT2D eigenvalue weighted by atomic mass is 9.99. The Morgan fingerprint density at radius 3 is 2.26 bits per heavy atom. The molecule has 0 bridgehead atoms. The van der Waals surface area contributed by atoms with Crippen LogP contribution in [0.3, 0.4) is 0 Å². The number of allylic oxidation sites excluding steroid dienone is 6. The Labute approximate surface area is 283 Å². The van der Waals surface area contributed by atoms with E-state index in [0.717, 1.165) is 76.8 Å². The van der Waals surface area contributed by atoms with Crippen molar-refractivity contribution in [2.24, 2.45) is 9.98 Å². The van der Waals surface area contributed by atoms with Gasteiger partial charge >= 0.3 is 0 Å². The minimum Gasteiger partial charge on any atom is -0.381 e. The third-order valence-electron chi connectivity index (χ3n) is 7.93. The number of anilines is 1. The van der Waals surface area contributed by atoms with E-state index in [2.05, 4.69) is 127 Å². The normalized spacial score (nSPS) is 14.0. The zero-order chi connectivity index (χ0) is 34.5. The number of fused-ring (bicyclic) bond motifs is 1. The maximum Gasteiger partial charge on any atom is 0.132 e. The van der Waals surface area contributed by atoms with Crippen LogP contribution < -0.4 is 21.3 Å². The van der Waals surface area contributed by atoms with E-state index in [-0.39, 0.29) is 0 Å². The molecule has 2 aliphatic heterocycles. The first-order valence-corrected chi connectivity index (χ1v) is 16.5. The molecule has 0 amide bonds. The molecule has 0 saturated heterocycles. The number of rotatable bonds is 13. The smallest absolute Gasteiger partial charge is 0.132 e. The number of hydrogen-bond donors (Lipinski definition) is 4. The van der Waals surface area contributed by atoms with Crippen LogP contribution in [0, 0.1) is 0 Å². The van der Waals surface area contributed by atoms with Crippen molar-refractivity contribution in [3.63, 3.8) is 0 Å². The van der Waals surface area contributed by atoms with Gasteiger partial charge < -0.3 is 21.3 Å². The van der Waals surface area contributed by atoms with Crippen molar-refractivity contribution in [2.75, 3.05) is 11.9 Å². The number of aliphatic imine (C=N–C) groups is 2. The van der Waals surface area contributed by atoms with Crippen molar-refractivity contribution in [2.45, 2.75) is 80.3 Å². The molecule has 0 atom stereocenters. The van der Waals surface area contributed by atoms with Crippen molar-refractivity contribution in [1.82, 2.24) is 16.0 Å². The van der Waals surface area contributed by atoms with E-state index in [4.69, 9.17) is 0 Å². The summed E-state index contributed by atoms with van der Waals surface area (Å²) in [7, 11) is 0. The van der Waals surface area contributed by atoms with Gasteiger partial charge in [0.15, 0.2) is 0 Å². The Kier molecular flexibility index (Phi) is 13.8. The average Bonchev–Trinajstić information content (AvgIpc) is 3.48. The maximum absolute atomic E-state index is 4.68. The van der Waals surface area contributed by atoms with Gasteiger partial charge in [0.2, 0.25) is 0 Å². The number of amidine groups is 1. The number of nitrogens with one attached hydrogen (secondary N) is 4. The second-order valence-electron chi connectivity index (χ2n) is 12.4. The Hall–Kier alpha value is -4.84. The second kappa shape index (κ2) is 17.7. The molecule has 6 nitrogen and oxygen atoms in total. The molecule has 4 N–H and O–H groups in total. The molecule has 0 spiro atoms. The predicted octanol–water partition coefficient (Wildman–Crippen LogP) is 9.17. The summed E-state index contributed by atoms with van der Waals surface area (Å²) >= 11 is 0. The first-order chi connectivity index (χ1) is 22.4. The molecule has 0 aliphatic carbocycles. The topological polar surface area (TPSA) is 72.8 Å². The highest BCUT2D eigenvalue weighted by molar-refractivity contribution is 6.08. The molecular weight excluding hydrogens is 576 g/mol. The van der Waals surface area contributed by atoms with E-state index < -0.39 is 0 Å². The van der Waals surface area contributed by atoms with Crippen molar-refractivity contribution in [3.8, 4) is 0 Å². The van der Waals surface area contributed by atoms with Crippen LogP contribution in [0.15, 0.2) is 131 Å². The number of aryl methyl sites for hydroxylation is 2. The van der Waals surface area contributed by atoms with E-state index in [0.29, 0.717) is 25.3 Å². The van der Waals surface area contributed by atoms with Crippen molar-refractivity contribution < 1.29 is 0 Å².